The molecule has 1 aromatic heterocycles. The van der Waals surface area contributed by atoms with Gasteiger partial charge in [0, 0.05) is 6.42 Å². The lowest BCUT2D eigenvalue weighted by Crippen LogP contribution is -2.43. The summed E-state index contributed by atoms with van der Waals surface area (Å²) in [4.78, 5) is 46.2. The summed E-state index contributed by atoms with van der Waals surface area (Å²) < 4.78 is 47.2. The molecule has 0 aromatic carbocycles. The summed E-state index contributed by atoms with van der Waals surface area (Å²) in [5.41, 5.74) is -2.16. The van der Waals surface area contributed by atoms with Gasteiger partial charge in [-0.25, -0.2) is 13.9 Å². The van der Waals surface area contributed by atoms with Crippen molar-refractivity contribution in [3.63, 3.8) is 0 Å². The lowest BCUT2D eigenvalue weighted by molar-refractivity contribution is -0.152. The molecule has 4 atom stereocenters. The maximum atomic E-state index is 14.2. The van der Waals surface area contributed by atoms with Gasteiger partial charge in [0.15, 0.2) is 6.73 Å². The van der Waals surface area contributed by atoms with Crippen molar-refractivity contribution >= 4 is 13.8 Å². The van der Waals surface area contributed by atoms with Crippen LogP contribution in [-0.2, 0) is 34.6 Å². The molecule has 1 N–H and O–H groups in total. The molecule has 13 heteroatoms. The number of carbonyl (C=O) groups excluding carboxylic acids is 1. The number of nitrogens with zero attached hydrogens (tertiary/aromatic N) is 2. The van der Waals surface area contributed by atoms with Gasteiger partial charge >= 0.3 is 19.5 Å². The van der Waals surface area contributed by atoms with Crippen LogP contribution < -0.4 is 11.2 Å². The van der Waals surface area contributed by atoms with Crippen molar-refractivity contribution in [3.8, 4) is 0 Å². The minimum absolute atomic E-state index is 0.0298. The summed E-state index contributed by atoms with van der Waals surface area (Å²) in [6, 6.07) is 0. The molecule has 0 radical (unpaired) electrons. The Kier molecular flexibility index (Phi) is 5.47. The Labute approximate surface area is 163 Å². The van der Waals surface area contributed by atoms with E-state index in [1.807, 2.05) is 0 Å². The number of phosphoric ester groups is 1. The number of hydrogen-bond donors (Lipinski definition) is 1. The largest absolute Gasteiger partial charge is 0.472 e. The van der Waals surface area contributed by atoms with Crippen LogP contribution in [-0.4, -0.2) is 38.8 Å². The minimum atomic E-state index is -4.20. The number of rotatable bonds is 4. The van der Waals surface area contributed by atoms with E-state index in [0.29, 0.717) is 23.6 Å². The molecule has 160 valence electrons. The van der Waals surface area contributed by atoms with E-state index in [9.17, 15) is 28.2 Å². The molecule has 0 amide bonds. The van der Waals surface area contributed by atoms with Gasteiger partial charge in [0.25, 0.3) is 5.56 Å². The van der Waals surface area contributed by atoms with E-state index in [1.54, 1.807) is 0 Å². The number of phosphoric acid groups is 1. The molecule has 3 fully saturated rings. The Morgan fingerprint density at radius 3 is 2.76 bits per heavy atom. The fourth-order valence-electron chi connectivity index (χ4n) is 3.82. The lowest BCUT2D eigenvalue weighted by atomic mass is 10.1. The van der Waals surface area contributed by atoms with E-state index in [2.05, 4.69) is 4.52 Å². The zero-order chi connectivity index (χ0) is 20.8. The van der Waals surface area contributed by atoms with E-state index >= 15 is 0 Å². The Bertz CT molecular complexity index is 970. The highest BCUT2D eigenvalue weighted by Gasteiger charge is 2.46. The van der Waals surface area contributed by atoms with E-state index in [1.165, 1.54) is 0 Å². The van der Waals surface area contributed by atoms with E-state index in [4.69, 9.17) is 14.0 Å². The van der Waals surface area contributed by atoms with Crippen molar-refractivity contribution in [1.82, 2.24) is 9.13 Å². The monoisotopic (exact) mass is 434 g/mol. The number of carbonyl (C=O) groups is 1. The van der Waals surface area contributed by atoms with Crippen LogP contribution in [0.5, 0.6) is 0 Å². The molecule has 4 rings (SSSR count). The highest BCUT2D eigenvalue weighted by Crippen LogP contribution is 2.52. The SMILES string of the molecule is O=C(OCn1c(=O)c(F)cn([C@H]2C[C@@H]3OP(=O)(O)OC[C@H]3O2)c1=O)C1CCCC1. The molecule has 2 aliphatic heterocycles. The van der Waals surface area contributed by atoms with Gasteiger partial charge in [-0.15, -0.1) is 0 Å². The smallest absolute Gasteiger partial charge is 0.443 e. The zero-order valence-electron chi connectivity index (χ0n) is 15.3. The summed E-state index contributed by atoms with van der Waals surface area (Å²) in [6.07, 6.45) is 1.21. The van der Waals surface area contributed by atoms with Crippen LogP contribution in [0.15, 0.2) is 15.8 Å². The maximum absolute atomic E-state index is 14.2. The summed E-state index contributed by atoms with van der Waals surface area (Å²) in [7, 11) is -4.20. The highest BCUT2D eigenvalue weighted by molar-refractivity contribution is 7.47. The first-order valence-corrected chi connectivity index (χ1v) is 10.7. The average Bonchev–Trinajstić information content (AvgIpc) is 3.33. The average molecular weight is 434 g/mol. The summed E-state index contributed by atoms with van der Waals surface area (Å²) >= 11 is 0. The normalized spacial score (nSPS) is 32.3. The van der Waals surface area contributed by atoms with Crippen LogP contribution in [0.3, 0.4) is 0 Å². The van der Waals surface area contributed by atoms with Crippen molar-refractivity contribution in [2.24, 2.45) is 5.92 Å². The predicted molar refractivity (Wildman–Crippen MR) is 92.1 cm³/mol. The summed E-state index contributed by atoms with van der Waals surface area (Å²) in [5.74, 6) is -2.05. The number of ether oxygens (including phenoxy) is 2. The van der Waals surface area contributed by atoms with Crippen molar-refractivity contribution < 1.29 is 37.2 Å². The van der Waals surface area contributed by atoms with Gasteiger partial charge in [-0.1, -0.05) is 12.8 Å². The van der Waals surface area contributed by atoms with Crippen LogP contribution in [0.25, 0.3) is 0 Å². The predicted octanol–water partition coefficient (Wildman–Crippen LogP) is 0.643. The molecule has 2 saturated heterocycles. The Balaban J connectivity index is 1.54. The number of fused-ring (bicyclic) bond motifs is 1. The van der Waals surface area contributed by atoms with Gasteiger partial charge < -0.3 is 14.4 Å². The molecule has 3 heterocycles. The number of esters is 1. The molecular formula is C16H20FN2O9P. The highest BCUT2D eigenvalue weighted by atomic mass is 31.2. The third kappa shape index (κ3) is 4.08. The first kappa shape index (κ1) is 20.4. The Morgan fingerprint density at radius 2 is 2.03 bits per heavy atom. The van der Waals surface area contributed by atoms with Crippen LogP contribution in [0, 0.1) is 11.7 Å². The number of aromatic nitrogens is 2. The van der Waals surface area contributed by atoms with Gasteiger partial charge in [-0.2, -0.15) is 4.39 Å². The minimum Gasteiger partial charge on any atom is -0.443 e. The first-order chi connectivity index (χ1) is 13.7. The molecule has 1 aliphatic carbocycles. The lowest BCUT2D eigenvalue weighted by Gasteiger charge is -2.26. The number of halogens is 1. The van der Waals surface area contributed by atoms with Crippen molar-refractivity contribution in [1.29, 1.82) is 0 Å². The second-order valence-corrected chi connectivity index (χ2v) is 8.65. The second kappa shape index (κ2) is 7.77. The van der Waals surface area contributed by atoms with Crippen LogP contribution in [0.1, 0.15) is 38.3 Å². The fraction of sp³-hybridized carbons (Fsp3) is 0.688. The quantitative estimate of drug-likeness (QED) is 0.535. The van der Waals surface area contributed by atoms with Gasteiger partial charge in [0.2, 0.25) is 5.82 Å². The van der Waals surface area contributed by atoms with Crippen molar-refractivity contribution in [2.75, 3.05) is 6.61 Å². The third-order valence-corrected chi connectivity index (χ3v) is 6.35. The number of hydrogen-bond acceptors (Lipinski definition) is 8. The van der Waals surface area contributed by atoms with Gasteiger partial charge in [0.1, 0.15) is 18.4 Å². The Morgan fingerprint density at radius 1 is 1.31 bits per heavy atom. The van der Waals surface area contributed by atoms with Crippen molar-refractivity contribution in [2.45, 2.75) is 57.3 Å². The second-order valence-electron chi connectivity index (χ2n) is 7.25. The molecule has 0 spiro atoms. The molecular weight excluding hydrogens is 414 g/mol. The van der Waals surface area contributed by atoms with Crippen molar-refractivity contribution in [3.05, 3.63) is 32.9 Å². The van der Waals surface area contributed by atoms with E-state index < -0.39 is 56.0 Å². The molecule has 1 unspecified atom stereocenters. The van der Waals surface area contributed by atoms with Gasteiger partial charge in [0.05, 0.1) is 18.7 Å². The summed E-state index contributed by atoms with van der Waals surface area (Å²) in [6.45, 7) is -0.944. The molecule has 11 nitrogen and oxygen atoms in total. The van der Waals surface area contributed by atoms with E-state index in [-0.39, 0.29) is 18.9 Å². The molecule has 29 heavy (non-hydrogen) atoms. The fourth-order valence-corrected chi connectivity index (χ4v) is 4.78. The Hall–Kier alpha value is -1.85. The topological polar surface area (TPSA) is 135 Å². The van der Waals surface area contributed by atoms with Crippen LogP contribution in [0.2, 0.25) is 0 Å². The first-order valence-electron chi connectivity index (χ1n) is 9.24. The van der Waals surface area contributed by atoms with Gasteiger partial charge in [-0.05, 0) is 12.8 Å². The maximum Gasteiger partial charge on any atom is 0.472 e. The molecule has 1 saturated carbocycles. The molecule has 1 aromatic rings. The van der Waals surface area contributed by atoms with Crippen LogP contribution in [0.4, 0.5) is 4.39 Å². The standard InChI is InChI=1S/C16H20FN2O9P/c17-10-6-18(13-5-11-12(27-13)7-26-29(23,24)28-11)16(22)19(14(10)20)8-25-15(21)9-3-1-2-4-9/h6,9,11-13H,1-5,7-8H2,(H,23,24)/t11-,12+,13+/m0/s1. The zero-order valence-corrected chi connectivity index (χ0v) is 16.2. The van der Waals surface area contributed by atoms with Gasteiger partial charge in [-0.3, -0.25) is 23.2 Å². The summed E-state index contributed by atoms with van der Waals surface area (Å²) in [5, 5.41) is 0. The third-order valence-electron chi connectivity index (χ3n) is 5.34. The molecule has 0 bridgehead atoms. The van der Waals surface area contributed by atoms with E-state index in [0.717, 1.165) is 17.4 Å². The van der Waals surface area contributed by atoms with Crippen LogP contribution >= 0.6 is 7.82 Å². The molecule has 3 aliphatic rings.